The van der Waals surface area contributed by atoms with Crippen LogP contribution >= 0.6 is 11.6 Å². The van der Waals surface area contributed by atoms with E-state index in [0.717, 1.165) is 55.2 Å². The molecule has 0 bridgehead atoms. The second kappa shape index (κ2) is 8.52. The van der Waals surface area contributed by atoms with Crippen molar-refractivity contribution in [3.63, 3.8) is 0 Å². The van der Waals surface area contributed by atoms with Gasteiger partial charge in [0.15, 0.2) is 5.65 Å². The zero-order chi connectivity index (χ0) is 22.2. The van der Waals surface area contributed by atoms with Gasteiger partial charge in [0.2, 0.25) is 0 Å². The minimum Gasteiger partial charge on any atom is -0.369 e. The summed E-state index contributed by atoms with van der Waals surface area (Å²) in [6.45, 7) is 9.12. The van der Waals surface area contributed by atoms with Crippen LogP contribution in [0.5, 0.6) is 0 Å². The van der Waals surface area contributed by atoms with E-state index >= 15 is 0 Å². The molecule has 0 radical (unpaired) electrons. The first kappa shape index (κ1) is 20.9. The van der Waals surface area contributed by atoms with Gasteiger partial charge in [0.05, 0.1) is 6.20 Å². The molecule has 1 aliphatic heterocycles. The fourth-order valence-electron chi connectivity index (χ4n) is 4.36. The molecular formula is C25H25ClFN5. The number of piperazine rings is 1. The Bertz CT molecular complexity index is 1280. The second-order valence-corrected chi connectivity index (χ2v) is 8.60. The number of benzene rings is 2. The Morgan fingerprint density at radius 2 is 1.81 bits per heavy atom. The molecule has 0 saturated carbocycles. The third-order valence-electron chi connectivity index (χ3n) is 6.24. The fourth-order valence-corrected chi connectivity index (χ4v) is 4.55. The van der Waals surface area contributed by atoms with Crippen LogP contribution in [0.3, 0.4) is 0 Å². The lowest BCUT2D eigenvalue weighted by atomic mass is 10.0. The Morgan fingerprint density at radius 1 is 1.00 bits per heavy atom. The summed E-state index contributed by atoms with van der Waals surface area (Å²) in [5, 5.41) is 5.15. The molecule has 1 aliphatic rings. The summed E-state index contributed by atoms with van der Waals surface area (Å²) >= 11 is 6.17. The second-order valence-electron chi connectivity index (χ2n) is 8.16. The largest absolute Gasteiger partial charge is 0.369 e. The highest BCUT2D eigenvalue weighted by Crippen LogP contribution is 2.32. The third kappa shape index (κ3) is 3.85. The molecule has 4 aromatic rings. The van der Waals surface area contributed by atoms with E-state index in [-0.39, 0.29) is 5.82 Å². The monoisotopic (exact) mass is 449 g/mol. The number of nitrogens with zero attached hydrogens (tertiary/aromatic N) is 5. The first-order valence-electron chi connectivity index (χ1n) is 10.9. The highest BCUT2D eigenvalue weighted by molar-refractivity contribution is 6.30. The van der Waals surface area contributed by atoms with Crippen LogP contribution < -0.4 is 4.90 Å². The number of aryl methyl sites for hydroxylation is 1. The molecular weight excluding hydrogens is 425 g/mol. The van der Waals surface area contributed by atoms with Crippen molar-refractivity contribution in [3.8, 4) is 22.3 Å². The molecule has 0 atom stereocenters. The molecule has 32 heavy (non-hydrogen) atoms. The highest BCUT2D eigenvalue weighted by Gasteiger charge is 2.19. The van der Waals surface area contributed by atoms with Crippen molar-refractivity contribution in [1.29, 1.82) is 0 Å². The van der Waals surface area contributed by atoms with E-state index in [2.05, 4.69) is 21.8 Å². The van der Waals surface area contributed by atoms with Gasteiger partial charge in [-0.2, -0.15) is 5.10 Å². The lowest BCUT2D eigenvalue weighted by molar-refractivity contribution is 0.271. The van der Waals surface area contributed by atoms with Crippen molar-refractivity contribution in [2.24, 2.45) is 0 Å². The summed E-state index contributed by atoms with van der Waals surface area (Å²) in [5.41, 5.74) is 5.64. The third-order valence-corrected chi connectivity index (χ3v) is 6.48. The van der Waals surface area contributed by atoms with Gasteiger partial charge < -0.3 is 9.80 Å². The van der Waals surface area contributed by atoms with E-state index in [1.807, 2.05) is 49.5 Å². The van der Waals surface area contributed by atoms with E-state index < -0.39 is 0 Å². The summed E-state index contributed by atoms with van der Waals surface area (Å²) in [6.07, 6.45) is 3.62. The summed E-state index contributed by atoms with van der Waals surface area (Å²) < 4.78 is 16.6. The van der Waals surface area contributed by atoms with Gasteiger partial charge in [-0.3, -0.25) is 0 Å². The SMILES string of the molecule is CCN1CCN(c2ccc(F)c(-c3cnn4cc(-c5cccc(Cl)c5)c(C)nc34)c2)CC1. The van der Waals surface area contributed by atoms with Crippen LogP contribution in [0.15, 0.2) is 54.9 Å². The van der Waals surface area contributed by atoms with Crippen LogP contribution in [-0.2, 0) is 0 Å². The molecule has 5 rings (SSSR count). The maximum absolute atomic E-state index is 14.9. The van der Waals surface area contributed by atoms with Crippen LogP contribution in [0.25, 0.3) is 27.9 Å². The van der Waals surface area contributed by atoms with E-state index in [0.29, 0.717) is 21.8 Å². The van der Waals surface area contributed by atoms with Crippen molar-refractivity contribution >= 4 is 22.9 Å². The van der Waals surface area contributed by atoms with Crippen molar-refractivity contribution < 1.29 is 4.39 Å². The maximum atomic E-state index is 14.9. The first-order chi connectivity index (χ1) is 15.5. The smallest absolute Gasteiger partial charge is 0.163 e. The predicted octanol–water partition coefficient (Wildman–Crippen LogP) is 5.31. The molecule has 0 spiro atoms. The molecule has 0 N–H and O–H groups in total. The van der Waals surface area contributed by atoms with E-state index in [1.165, 1.54) is 0 Å². The van der Waals surface area contributed by atoms with E-state index in [1.54, 1.807) is 16.8 Å². The van der Waals surface area contributed by atoms with Gasteiger partial charge in [0.25, 0.3) is 0 Å². The zero-order valence-electron chi connectivity index (χ0n) is 18.2. The molecule has 2 aromatic carbocycles. The number of rotatable bonds is 4. The molecule has 2 aromatic heterocycles. The minimum atomic E-state index is -0.269. The summed E-state index contributed by atoms with van der Waals surface area (Å²) in [4.78, 5) is 9.54. The Balaban J connectivity index is 1.53. The number of likely N-dealkylation sites (N-methyl/N-ethyl adjacent to an activating group) is 1. The van der Waals surface area contributed by atoms with Crippen molar-refractivity contribution in [2.45, 2.75) is 13.8 Å². The average molecular weight is 450 g/mol. The molecule has 1 fully saturated rings. The van der Waals surface area contributed by atoms with Crippen molar-refractivity contribution in [3.05, 3.63) is 71.4 Å². The Kier molecular flexibility index (Phi) is 5.57. The Labute approximate surface area is 192 Å². The number of hydrogen-bond acceptors (Lipinski definition) is 4. The minimum absolute atomic E-state index is 0.269. The quantitative estimate of drug-likeness (QED) is 0.423. The molecule has 164 valence electrons. The summed E-state index contributed by atoms with van der Waals surface area (Å²) in [6, 6.07) is 13.0. The van der Waals surface area contributed by atoms with Gasteiger partial charge in [-0.25, -0.2) is 13.9 Å². The van der Waals surface area contributed by atoms with Gasteiger partial charge in [0, 0.05) is 65.5 Å². The van der Waals surface area contributed by atoms with Crippen LogP contribution in [0.2, 0.25) is 5.02 Å². The van der Waals surface area contributed by atoms with Gasteiger partial charge in [-0.15, -0.1) is 0 Å². The zero-order valence-corrected chi connectivity index (χ0v) is 19.0. The number of anilines is 1. The van der Waals surface area contributed by atoms with E-state index in [9.17, 15) is 4.39 Å². The van der Waals surface area contributed by atoms with Crippen LogP contribution in [-0.4, -0.2) is 52.2 Å². The van der Waals surface area contributed by atoms with Gasteiger partial charge in [-0.1, -0.05) is 30.7 Å². The van der Waals surface area contributed by atoms with Crippen molar-refractivity contribution in [1.82, 2.24) is 19.5 Å². The lowest BCUT2D eigenvalue weighted by Crippen LogP contribution is -2.46. The maximum Gasteiger partial charge on any atom is 0.163 e. The van der Waals surface area contributed by atoms with Crippen LogP contribution in [0, 0.1) is 12.7 Å². The molecule has 7 heteroatoms. The predicted molar refractivity (Wildman–Crippen MR) is 128 cm³/mol. The topological polar surface area (TPSA) is 36.7 Å². The van der Waals surface area contributed by atoms with Crippen LogP contribution in [0.1, 0.15) is 12.6 Å². The lowest BCUT2D eigenvalue weighted by Gasteiger charge is -2.35. The van der Waals surface area contributed by atoms with Gasteiger partial charge >= 0.3 is 0 Å². The molecule has 3 heterocycles. The molecule has 1 saturated heterocycles. The number of halogens is 2. The molecule has 0 unspecified atom stereocenters. The number of hydrogen-bond donors (Lipinski definition) is 0. The first-order valence-corrected chi connectivity index (χ1v) is 11.3. The normalized spacial score (nSPS) is 14.9. The van der Waals surface area contributed by atoms with Gasteiger partial charge in [0.1, 0.15) is 5.82 Å². The highest BCUT2D eigenvalue weighted by atomic mass is 35.5. The number of aromatic nitrogens is 3. The average Bonchev–Trinajstić information content (AvgIpc) is 3.21. The van der Waals surface area contributed by atoms with E-state index in [4.69, 9.17) is 16.6 Å². The van der Waals surface area contributed by atoms with Gasteiger partial charge in [-0.05, 0) is 49.4 Å². The summed E-state index contributed by atoms with van der Waals surface area (Å²) in [7, 11) is 0. The summed E-state index contributed by atoms with van der Waals surface area (Å²) in [5.74, 6) is -0.269. The fraction of sp³-hybridized carbons (Fsp3) is 0.280. The Hall–Kier alpha value is -2.96. The number of fused-ring (bicyclic) bond motifs is 1. The molecule has 0 amide bonds. The van der Waals surface area contributed by atoms with Crippen LogP contribution in [0.4, 0.5) is 10.1 Å². The molecule has 5 nitrogen and oxygen atoms in total. The molecule has 0 aliphatic carbocycles. The standard InChI is InChI=1S/C25H25ClFN5/c1-3-30-9-11-31(12-10-30)20-7-8-24(27)21(14-20)22-15-28-32-16-23(17(2)29-25(22)32)18-5-4-6-19(26)13-18/h4-8,13-16H,3,9-12H2,1-2H3. The van der Waals surface area contributed by atoms with Crippen molar-refractivity contribution in [2.75, 3.05) is 37.6 Å². The Morgan fingerprint density at radius 3 is 2.56 bits per heavy atom.